The summed E-state index contributed by atoms with van der Waals surface area (Å²) < 4.78 is 21.3. The minimum atomic E-state index is -0.366. The largest absolute Gasteiger partial charge is 0.444 e. The Labute approximate surface area is 122 Å². The quantitative estimate of drug-likeness (QED) is 0.777. The molecule has 2 N–H and O–H groups in total. The van der Waals surface area contributed by atoms with E-state index in [0.717, 1.165) is 0 Å². The van der Waals surface area contributed by atoms with Crippen LogP contribution in [0.3, 0.4) is 0 Å². The minimum absolute atomic E-state index is 0.269. The second-order valence-corrected chi connectivity index (χ2v) is 5.43. The van der Waals surface area contributed by atoms with Gasteiger partial charge < -0.3 is 10.2 Å². The summed E-state index contributed by atoms with van der Waals surface area (Å²) in [7, 11) is 0. The first kappa shape index (κ1) is 13.1. The Balaban J connectivity index is 2.20. The van der Waals surface area contributed by atoms with Crippen molar-refractivity contribution >= 4 is 32.9 Å². The molecule has 1 atom stereocenters. The SMILES string of the molecule is Cc1cnc(C(C)n2c(N)nc3cc(Br)c(F)cc32)o1. The van der Waals surface area contributed by atoms with E-state index in [0.29, 0.717) is 33.1 Å². The highest BCUT2D eigenvalue weighted by Gasteiger charge is 2.20. The van der Waals surface area contributed by atoms with E-state index < -0.39 is 0 Å². The van der Waals surface area contributed by atoms with Crippen molar-refractivity contribution in [2.45, 2.75) is 19.9 Å². The molecule has 0 saturated carbocycles. The highest BCUT2D eigenvalue weighted by molar-refractivity contribution is 9.10. The number of oxazole rings is 1. The fraction of sp³-hybridized carbons (Fsp3) is 0.231. The molecule has 1 unspecified atom stereocenters. The topological polar surface area (TPSA) is 69.9 Å². The molecule has 0 aliphatic rings. The van der Waals surface area contributed by atoms with Crippen LogP contribution in [0.15, 0.2) is 27.2 Å². The second kappa shape index (κ2) is 4.59. The molecule has 3 rings (SSSR count). The van der Waals surface area contributed by atoms with Gasteiger partial charge in [0.1, 0.15) is 17.6 Å². The molecule has 0 fully saturated rings. The first-order chi connectivity index (χ1) is 9.47. The van der Waals surface area contributed by atoms with Crippen LogP contribution in [0.4, 0.5) is 10.3 Å². The van der Waals surface area contributed by atoms with Crippen molar-refractivity contribution in [3.63, 3.8) is 0 Å². The summed E-state index contributed by atoms with van der Waals surface area (Å²) in [6, 6.07) is 2.73. The number of benzene rings is 1. The number of anilines is 1. The fourth-order valence-electron chi connectivity index (χ4n) is 2.19. The normalized spacial score (nSPS) is 13.0. The standard InChI is InChI=1S/C13H12BrFN4O/c1-6-5-17-12(20-6)7(2)19-11-4-9(15)8(14)3-10(11)18-13(19)16/h3-5,7H,1-2H3,(H2,16,18). The lowest BCUT2D eigenvalue weighted by atomic mass is 10.2. The van der Waals surface area contributed by atoms with E-state index in [9.17, 15) is 4.39 Å². The fourth-order valence-corrected chi connectivity index (χ4v) is 2.52. The van der Waals surface area contributed by atoms with Gasteiger partial charge in [-0.05, 0) is 35.8 Å². The van der Waals surface area contributed by atoms with Gasteiger partial charge in [-0.2, -0.15) is 0 Å². The Morgan fingerprint density at radius 1 is 1.45 bits per heavy atom. The average Bonchev–Trinajstić information content (AvgIpc) is 2.93. The Bertz CT molecular complexity index is 795. The number of rotatable bonds is 2. The van der Waals surface area contributed by atoms with Crippen LogP contribution in [-0.4, -0.2) is 14.5 Å². The van der Waals surface area contributed by atoms with Gasteiger partial charge in [-0.1, -0.05) is 0 Å². The molecule has 0 spiro atoms. The van der Waals surface area contributed by atoms with Crippen molar-refractivity contribution in [3.8, 4) is 0 Å². The van der Waals surface area contributed by atoms with Crippen molar-refractivity contribution in [3.05, 3.63) is 40.3 Å². The molecule has 2 heterocycles. The smallest absolute Gasteiger partial charge is 0.217 e. The summed E-state index contributed by atoms with van der Waals surface area (Å²) in [5.41, 5.74) is 7.16. The zero-order valence-electron chi connectivity index (χ0n) is 10.9. The molecule has 5 nitrogen and oxygen atoms in total. The highest BCUT2D eigenvalue weighted by atomic mass is 79.9. The summed E-state index contributed by atoms with van der Waals surface area (Å²) in [6.07, 6.45) is 1.64. The van der Waals surface area contributed by atoms with Gasteiger partial charge in [0.2, 0.25) is 11.8 Å². The van der Waals surface area contributed by atoms with Crippen LogP contribution >= 0.6 is 15.9 Å². The van der Waals surface area contributed by atoms with Crippen LogP contribution in [0, 0.1) is 12.7 Å². The number of hydrogen-bond acceptors (Lipinski definition) is 4. The van der Waals surface area contributed by atoms with Gasteiger partial charge in [-0.3, -0.25) is 4.57 Å². The molecule has 3 aromatic rings. The molecular formula is C13H12BrFN4O. The Hall–Kier alpha value is -1.89. The number of imidazole rings is 1. The number of nitrogens with zero attached hydrogens (tertiary/aromatic N) is 3. The first-order valence-corrected chi connectivity index (χ1v) is 6.81. The predicted octanol–water partition coefficient (Wildman–Crippen LogP) is 3.43. The summed E-state index contributed by atoms with van der Waals surface area (Å²) in [6.45, 7) is 3.69. The number of fused-ring (bicyclic) bond motifs is 1. The maximum absolute atomic E-state index is 13.7. The zero-order valence-corrected chi connectivity index (χ0v) is 12.5. The maximum atomic E-state index is 13.7. The number of aryl methyl sites for hydroxylation is 1. The van der Waals surface area contributed by atoms with E-state index in [1.54, 1.807) is 16.8 Å². The molecular weight excluding hydrogens is 327 g/mol. The number of hydrogen-bond donors (Lipinski definition) is 1. The van der Waals surface area contributed by atoms with Gasteiger partial charge >= 0.3 is 0 Å². The van der Waals surface area contributed by atoms with Crippen LogP contribution < -0.4 is 5.73 Å². The Morgan fingerprint density at radius 3 is 2.85 bits per heavy atom. The Morgan fingerprint density at radius 2 is 2.20 bits per heavy atom. The van der Waals surface area contributed by atoms with Crippen LogP contribution in [0.5, 0.6) is 0 Å². The third-order valence-corrected chi connectivity index (χ3v) is 3.75. The first-order valence-electron chi connectivity index (χ1n) is 6.02. The highest BCUT2D eigenvalue weighted by Crippen LogP contribution is 2.30. The van der Waals surface area contributed by atoms with E-state index in [1.165, 1.54) is 6.07 Å². The Kier molecular flexibility index (Phi) is 3.01. The van der Waals surface area contributed by atoms with E-state index >= 15 is 0 Å². The summed E-state index contributed by atoms with van der Waals surface area (Å²) in [5, 5.41) is 0. The average molecular weight is 339 g/mol. The van der Waals surface area contributed by atoms with Crippen molar-refractivity contribution in [2.75, 3.05) is 5.73 Å². The molecule has 104 valence electrons. The zero-order chi connectivity index (χ0) is 14.4. The van der Waals surface area contributed by atoms with Crippen LogP contribution in [0.2, 0.25) is 0 Å². The molecule has 0 saturated heterocycles. The molecule has 1 aromatic carbocycles. The van der Waals surface area contributed by atoms with E-state index in [1.807, 2.05) is 13.8 Å². The van der Waals surface area contributed by atoms with Crippen LogP contribution in [0.1, 0.15) is 24.6 Å². The lowest BCUT2D eigenvalue weighted by Crippen LogP contribution is -2.10. The van der Waals surface area contributed by atoms with Gasteiger partial charge in [0.15, 0.2) is 0 Å². The maximum Gasteiger partial charge on any atom is 0.217 e. The number of aromatic nitrogens is 3. The number of nitrogen functional groups attached to an aromatic ring is 1. The van der Waals surface area contributed by atoms with Gasteiger partial charge in [-0.25, -0.2) is 14.4 Å². The van der Waals surface area contributed by atoms with Crippen molar-refractivity contribution < 1.29 is 8.81 Å². The summed E-state index contributed by atoms with van der Waals surface area (Å²) >= 11 is 3.14. The van der Waals surface area contributed by atoms with Gasteiger partial charge in [-0.15, -0.1) is 0 Å². The lowest BCUT2D eigenvalue weighted by Gasteiger charge is -2.12. The molecule has 0 amide bonds. The van der Waals surface area contributed by atoms with E-state index in [4.69, 9.17) is 10.2 Å². The van der Waals surface area contributed by atoms with E-state index in [2.05, 4.69) is 25.9 Å². The molecule has 7 heteroatoms. The summed E-state index contributed by atoms with van der Waals surface area (Å²) in [5.74, 6) is 1.15. The third kappa shape index (κ3) is 1.98. The van der Waals surface area contributed by atoms with Crippen molar-refractivity contribution in [2.24, 2.45) is 0 Å². The second-order valence-electron chi connectivity index (χ2n) is 4.58. The molecule has 2 aromatic heterocycles. The van der Waals surface area contributed by atoms with E-state index in [-0.39, 0.29) is 11.9 Å². The van der Waals surface area contributed by atoms with Crippen LogP contribution in [0.25, 0.3) is 11.0 Å². The summed E-state index contributed by atoms with van der Waals surface area (Å²) in [4.78, 5) is 8.43. The molecule has 0 radical (unpaired) electrons. The number of nitrogens with two attached hydrogens (primary N) is 1. The van der Waals surface area contributed by atoms with Gasteiger partial charge in [0.05, 0.1) is 21.7 Å². The number of halogens is 2. The van der Waals surface area contributed by atoms with Gasteiger partial charge in [0, 0.05) is 6.07 Å². The van der Waals surface area contributed by atoms with Crippen molar-refractivity contribution in [1.82, 2.24) is 14.5 Å². The monoisotopic (exact) mass is 338 g/mol. The lowest BCUT2D eigenvalue weighted by molar-refractivity contribution is 0.421. The van der Waals surface area contributed by atoms with Crippen molar-refractivity contribution in [1.29, 1.82) is 0 Å². The van der Waals surface area contributed by atoms with Gasteiger partial charge in [0.25, 0.3) is 0 Å². The third-order valence-electron chi connectivity index (χ3n) is 3.14. The predicted molar refractivity (Wildman–Crippen MR) is 76.9 cm³/mol. The molecule has 0 aliphatic heterocycles. The minimum Gasteiger partial charge on any atom is -0.444 e. The molecule has 0 bridgehead atoms. The van der Waals surface area contributed by atoms with Crippen LogP contribution in [-0.2, 0) is 0 Å². The molecule has 20 heavy (non-hydrogen) atoms. The molecule has 0 aliphatic carbocycles.